The molecule has 1 aromatic carbocycles. The Bertz CT molecular complexity index is 1520. The van der Waals surface area contributed by atoms with Crippen molar-refractivity contribution in [2.24, 2.45) is 0 Å². The smallest absolute Gasteiger partial charge is 0.350 e. The monoisotopic (exact) mass is 501 g/mol. The molecule has 1 aliphatic rings. The van der Waals surface area contributed by atoms with E-state index in [1.54, 1.807) is 49.5 Å². The van der Waals surface area contributed by atoms with Gasteiger partial charge in [0.25, 0.3) is 5.91 Å². The fourth-order valence-corrected chi connectivity index (χ4v) is 4.98. The van der Waals surface area contributed by atoms with Crippen LogP contribution >= 0.6 is 11.3 Å². The van der Waals surface area contributed by atoms with Crippen LogP contribution in [0, 0.1) is 6.92 Å². The number of hydrogen-bond donors (Lipinski definition) is 1. The zero-order valence-electron chi connectivity index (χ0n) is 19.0. The highest BCUT2D eigenvalue weighted by atomic mass is 32.1. The van der Waals surface area contributed by atoms with Crippen LogP contribution in [0.3, 0.4) is 0 Å². The van der Waals surface area contributed by atoms with Crippen molar-refractivity contribution in [1.29, 1.82) is 0 Å². The molecule has 0 spiro atoms. The van der Waals surface area contributed by atoms with Gasteiger partial charge in [-0.1, -0.05) is 48.3 Å². The van der Waals surface area contributed by atoms with Crippen LogP contribution in [-0.2, 0) is 9.53 Å². The third-order valence-electron chi connectivity index (χ3n) is 5.61. The zero-order valence-corrected chi connectivity index (χ0v) is 19.8. The van der Waals surface area contributed by atoms with Gasteiger partial charge >= 0.3 is 5.97 Å². The number of aromatic nitrogens is 2. The molecule has 10 heteroatoms. The highest BCUT2D eigenvalue weighted by Crippen LogP contribution is 2.44. The number of furan rings is 1. The molecule has 180 valence electrons. The van der Waals surface area contributed by atoms with Crippen LogP contribution in [0.2, 0.25) is 0 Å². The van der Waals surface area contributed by atoms with E-state index in [4.69, 9.17) is 9.15 Å². The Labute approximate surface area is 209 Å². The number of aliphatic hydroxyl groups excluding tert-OH is 1. The normalized spacial score (nSPS) is 15.5. The predicted octanol–water partition coefficient (Wildman–Crippen LogP) is 4.72. The molecule has 0 bridgehead atoms. The Morgan fingerprint density at radius 2 is 2.08 bits per heavy atom. The van der Waals surface area contributed by atoms with Crippen LogP contribution in [0.4, 0.5) is 5.13 Å². The van der Waals surface area contributed by atoms with Gasteiger partial charge in [0.15, 0.2) is 16.7 Å². The predicted molar refractivity (Wildman–Crippen MR) is 132 cm³/mol. The molecule has 1 unspecified atom stereocenters. The highest BCUT2D eigenvalue weighted by Gasteiger charge is 2.47. The van der Waals surface area contributed by atoms with E-state index in [9.17, 15) is 19.5 Å². The molecule has 9 nitrogen and oxygen atoms in total. The molecule has 4 aromatic rings. The number of aryl methyl sites for hydroxylation is 1. The summed E-state index contributed by atoms with van der Waals surface area (Å²) in [6, 6.07) is 10.9. The first-order valence-corrected chi connectivity index (χ1v) is 11.7. The van der Waals surface area contributed by atoms with Crippen molar-refractivity contribution in [3.05, 3.63) is 101 Å². The summed E-state index contributed by atoms with van der Waals surface area (Å²) in [6.45, 7) is 5.15. The second kappa shape index (κ2) is 9.23. The van der Waals surface area contributed by atoms with E-state index in [2.05, 4.69) is 16.5 Å². The number of amides is 1. The number of carbonyl (C=O) groups excluding carboxylic acids is 3. The summed E-state index contributed by atoms with van der Waals surface area (Å²) in [4.78, 5) is 49.3. The lowest BCUT2D eigenvalue weighted by atomic mass is 9.96. The second-order valence-electron chi connectivity index (χ2n) is 7.90. The van der Waals surface area contributed by atoms with E-state index in [-0.39, 0.29) is 27.9 Å². The molecule has 0 radical (unpaired) electrons. The summed E-state index contributed by atoms with van der Waals surface area (Å²) < 4.78 is 10.8. The summed E-state index contributed by atoms with van der Waals surface area (Å²) in [5.41, 5.74) is 1.14. The molecule has 1 aliphatic heterocycles. The van der Waals surface area contributed by atoms with Gasteiger partial charge in [0, 0.05) is 17.8 Å². The lowest BCUT2D eigenvalue weighted by Gasteiger charge is -2.23. The van der Waals surface area contributed by atoms with Gasteiger partial charge in [-0.2, -0.15) is 0 Å². The summed E-state index contributed by atoms with van der Waals surface area (Å²) in [5, 5.41) is 11.7. The number of aliphatic hydroxyl groups is 1. The van der Waals surface area contributed by atoms with E-state index in [0.717, 1.165) is 11.3 Å². The van der Waals surface area contributed by atoms with E-state index in [1.165, 1.54) is 17.2 Å². The maximum absolute atomic E-state index is 13.6. The average Bonchev–Trinajstić information content (AvgIpc) is 3.57. The summed E-state index contributed by atoms with van der Waals surface area (Å²) >= 11 is 0.925. The lowest BCUT2D eigenvalue weighted by molar-refractivity contribution is -0.117. The molecular formula is C26H19N3O6S. The van der Waals surface area contributed by atoms with Gasteiger partial charge in [-0.3, -0.25) is 19.5 Å². The van der Waals surface area contributed by atoms with Crippen molar-refractivity contribution in [3.63, 3.8) is 0 Å². The van der Waals surface area contributed by atoms with Crippen molar-refractivity contribution in [2.75, 3.05) is 11.5 Å². The van der Waals surface area contributed by atoms with Crippen molar-refractivity contribution in [3.8, 4) is 0 Å². The van der Waals surface area contributed by atoms with E-state index < -0.39 is 29.5 Å². The second-order valence-corrected chi connectivity index (χ2v) is 8.88. The number of thiazole rings is 1. The van der Waals surface area contributed by atoms with Crippen LogP contribution in [0.5, 0.6) is 0 Å². The number of pyridine rings is 1. The van der Waals surface area contributed by atoms with Crippen LogP contribution in [0.25, 0.3) is 11.0 Å². The van der Waals surface area contributed by atoms with Crippen LogP contribution < -0.4 is 4.90 Å². The largest absolute Gasteiger partial charge is 0.503 e. The Morgan fingerprint density at radius 1 is 1.28 bits per heavy atom. The third kappa shape index (κ3) is 3.87. The Kier molecular flexibility index (Phi) is 5.95. The number of Topliss-reactive ketones (excluding diaryl/α,β-unsaturated/α-hetero) is 1. The number of nitrogens with zero attached hydrogens (tertiary/aromatic N) is 3. The number of anilines is 1. The summed E-state index contributed by atoms with van der Waals surface area (Å²) in [7, 11) is 0. The van der Waals surface area contributed by atoms with Gasteiger partial charge < -0.3 is 14.3 Å². The van der Waals surface area contributed by atoms with Crippen LogP contribution in [-0.4, -0.2) is 39.3 Å². The third-order valence-corrected chi connectivity index (χ3v) is 6.75. The van der Waals surface area contributed by atoms with Crippen molar-refractivity contribution >= 4 is 45.1 Å². The minimum absolute atomic E-state index is 0.0188. The lowest BCUT2D eigenvalue weighted by Crippen LogP contribution is -2.31. The topological polar surface area (TPSA) is 123 Å². The molecule has 36 heavy (non-hydrogen) atoms. The summed E-state index contributed by atoms with van der Waals surface area (Å²) in [5.74, 6) is -2.84. The van der Waals surface area contributed by atoms with Gasteiger partial charge in [0.1, 0.15) is 17.1 Å². The van der Waals surface area contributed by atoms with Gasteiger partial charge in [0.05, 0.1) is 17.3 Å². The maximum atomic E-state index is 13.6. The molecule has 0 saturated carbocycles. The average molecular weight is 502 g/mol. The number of esters is 1. The fourth-order valence-electron chi connectivity index (χ4n) is 3.99. The number of hydrogen-bond acceptors (Lipinski definition) is 9. The van der Waals surface area contributed by atoms with Crippen molar-refractivity contribution in [1.82, 2.24) is 9.97 Å². The van der Waals surface area contributed by atoms with E-state index in [1.807, 2.05) is 6.07 Å². The molecule has 4 heterocycles. The number of ether oxygens (including phenoxy) is 1. The summed E-state index contributed by atoms with van der Waals surface area (Å²) in [6.07, 6.45) is 4.49. The van der Waals surface area contributed by atoms with Gasteiger partial charge in [-0.05, 0) is 30.7 Å². The minimum Gasteiger partial charge on any atom is -0.503 e. The molecule has 1 amide bonds. The van der Waals surface area contributed by atoms with E-state index in [0.29, 0.717) is 22.2 Å². The number of fused-ring (bicyclic) bond motifs is 1. The van der Waals surface area contributed by atoms with Crippen molar-refractivity contribution in [2.45, 2.75) is 13.0 Å². The van der Waals surface area contributed by atoms with Crippen molar-refractivity contribution < 1.29 is 28.6 Å². The van der Waals surface area contributed by atoms with E-state index >= 15 is 0 Å². The molecule has 3 aromatic heterocycles. The molecule has 5 rings (SSSR count). The number of carbonyl (C=O) groups is 3. The standard InChI is InChI=1S/C26H19N3O6S/c1-3-11-34-25(33)23-14(2)28-26(36-23)29-20(16-8-6-10-27-13-16)19(22(31)24(29)32)21(30)18-12-15-7-4-5-9-17(15)35-18/h3-10,12-13,20,31H,1,11H2,2H3. The quantitative estimate of drug-likeness (QED) is 0.219. The number of ketones is 1. The highest BCUT2D eigenvalue weighted by molar-refractivity contribution is 7.17. The molecule has 1 atom stereocenters. The first-order chi connectivity index (χ1) is 17.4. The van der Waals surface area contributed by atoms with Gasteiger partial charge in [-0.15, -0.1) is 0 Å². The molecule has 0 saturated heterocycles. The Hall–Kier alpha value is -4.57. The molecule has 0 aliphatic carbocycles. The zero-order chi connectivity index (χ0) is 25.4. The van der Waals surface area contributed by atoms with Gasteiger partial charge in [-0.25, -0.2) is 9.78 Å². The first kappa shape index (κ1) is 23.2. The maximum Gasteiger partial charge on any atom is 0.350 e. The number of benzene rings is 1. The van der Waals surface area contributed by atoms with Crippen LogP contribution in [0.15, 0.2) is 83.3 Å². The minimum atomic E-state index is -1.05. The van der Waals surface area contributed by atoms with Gasteiger partial charge in [0.2, 0.25) is 5.78 Å². The first-order valence-electron chi connectivity index (χ1n) is 10.9. The Balaban J connectivity index is 1.60. The molecule has 1 N–H and O–H groups in total. The molecular weight excluding hydrogens is 482 g/mol. The molecule has 0 fully saturated rings. The number of rotatable bonds is 7. The fraction of sp³-hybridized carbons (Fsp3) is 0.115. The Morgan fingerprint density at radius 3 is 2.81 bits per heavy atom. The SMILES string of the molecule is C=CCOC(=O)c1sc(N2C(=O)C(O)=C(C(=O)c3cc4ccccc4o3)C2c2cccnc2)nc1C. The van der Waals surface area contributed by atoms with Crippen LogP contribution in [0.1, 0.15) is 37.5 Å². The number of para-hydroxylation sites is 1.